The average Bonchev–Trinajstić information content (AvgIpc) is 3.25. The van der Waals surface area contributed by atoms with Crippen LogP contribution in [0.3, 0.4) is 0 Å². The van der Waals surface area contributed by atoms with Crippen molar-refractivity contribution in [1.29, 1.82) is 0 Å². The van der Waals surface area contributed by atoms with Crippen LogP contribution in [-0.2, 0) is 20.9 Å². The summed E-state index contributed by atoms with van der Waals surface area (Å²) in [6, 6.07) is 24.5. The van der Waals surface area contributed by atoms with Crippen LogP contribution in [-0.4, -0.2) is 60.3 Å². The first-order valence-electron chi connectivity index (χ1n) is 13.7. The lowest BCUT2D eigenvalue weighted by Crippen LogP contribution is -2.54. The molecule has 0 radical (unpaired) electrons. The molecule has 0 saturated carbocycles. The Balaban J connectivity index is 1.44. The standard InChI is InChI=1S/C32H37N3O5/c1-3-11-23(18-30(36)37)33-31(38)29(20-35(2)19-22-12-5-4-6-13-22)34-32(39)40-21-28-26-16-9-7-14-24(26)25-15-8-10-17-27(25)28/h4-10,12-17,23,28-29H,3,11,18-21H2,1-2H3,(H,33,38)(H,34,39)(H,36,37)/t23-,29?/m1/s1. The van der Waals surface area contributed by atoms with Crippen LogP contribution in [0.15, 0.2) is 78.9 Å². The van der Waals surface area contributed by atoms with Gasteiger partial charge in [-0.3, -0.25) is 14.5 Å². The fourth-order valence-corrected chi connectivity index (χ4v) is 5.33. The van der Waals surface area contributed by atoms with Gasteiger partial charge in [0.2, 0.25) is 5.91 Å². The molecule has 0 aliphatic heterocycles. The minimum Gasteiger partial charge on any atom is -0.481 e. The average molecular weight is 544 g/mol. The van der Waals surface area contributed by atoms with Crippen LogP contribution in [0, 0.1) is 0 Å². The summed E-state index contributed by atoms with van der Waals surface area (Å²) >= 11 is 0. The number of aliphatic carboxylic acids is 1. The van der Waals surface area contributed by atoms with Crippen LogP contribution in [0.4, 0.5) is 4.79 Å². The first-order valence-corrected chi connectivity index (χ1v) is 13.7. The maximum atomic E-state index is 13.3. The van der Waals surface area contributed by atoms with Crippen molar-refractivity contribution in [3.05, 3.63) is 95.6 Å². The van der Waals surface area contributed by atoms with E-state index in [9.17, 15) is 19.5 Å². The summed E-state index contributed by atoms with van der Waals surface area (Å²) in [7, 11) is 1.87. The fourth-order valence-electron chi connectivity index (χ4n) is 5.33. The summed E-state index contributed by atoms with van der Waals surface area (Å²) in [6.07, 6.45) is 0.365. The Kier molecular flexibility index (Phi) is 9.91. The van der Waals surface area contributed by atoms with Crippen molar-refractivity contribution in [2.75, 3.05) is 20.2 Å². The van der Waals surface area contributed by atoms with E-state index in [2.05, 4.69) is 22.8 Å². The van der Waals surface area contributed by atoms with E-state index in [4.69, 9.17) is 4.74 Å². The predicted octanol–water partition coefficient (Wildman–Crippen LogP) is 4.79. The summed E-state index contributed by atoms with van der Waals surface area (Å²) in [5.41, 5.74) is 5.54. The number of hydrogen-bond acceptors (Lipinski definition) is 5. The zero-order valence-corrected chi connectivity index (χ0v) is 23.0. The second-order valence-electron chi connectivity index (χ2n) is 10.3. The fraction of sp³-hybridized carbons (Fsp3) is 0.344. The molecule has 0 aromatic heterocycles. The molecule has 210 valence electrons. The highest BCUT2D eigenvalue weighted by atomic mass is 16.5. The van der Waals surface area contributed by atoms with E-state index >= 15 is 0 Å². The van der Waals surface area contributed by atoms with Gasteiger partial charge in [-0.25, -0.2) is 4.79 Å². The van der Waals surface area contributed by atoms with Crippen molar-refractivity contribution in [1.82, 2.24) is 15.5 Å². The summed E-state index contributed by atoms with van der Waals surface area (Å²) in [4.78, 5) is 39.6. The Hall–Kier alpha value is -4.17. The van der Waals surface area contributed by atoms with Gasteiger partial charge in [0.15, 0.2) is 0 Å². The maximum absolute atomic E-state index is 13.3. The number of carbonyl (C=O) groups excluding carboxylic acids is 2. The van der Waals surface area contributed by atoms with E-state index in [1.807, 2.05) is 85.6 Å². The van der Waals surface area contributed by atoms with E-state index in [1.165, 1.54) is 0 Å². The molecule has 0 bridgehead atoms. The SMILES string of the molecule is CCC[C@H](CC(=O)O)NC(=O)C(CN(C)Cc1ccccc1)NC(=O)OCC1c2ccccc2-c2ccccc21. The number of ether oxygens (including phenoxy) is 1. The summed E-state index contributed by atoms with van der Waals surface area (Å²) in [6.45, 7) is 2.86. The number of alkyl carbamates (subject to hydrolysis) is 1. The second kappa shape index (κ2) is 13.8. The number of rotatable bonds is 13. The van der Waals surface area contributed by atoms with Crippen molar-refractivity contribution in [2.45, 2.75) is 50.7 Å². The van der Waals surface area contributed by atoms with Crippen LogP contribution in [0.5, 0.6) is 0 Å². The number of carbonyl (C=O) groups is 3. The summed E-state index contributed by atoms with van der Waals surface area (Å²) in [5.74, 6) is -1.52. The van der Waals surface area contributed by atoms with Crippen LogP contribution in [0.2, 0.25) is 0 Å². The van der Waals surface area contributed by atoms with Crippen LogP contribution in [0.1, 0.15) is 48.8 Å². The molecule has 8 heteroatoms. The van der Waals surface area contributed by atoms with Gasteiger partial charge in [0.25, 0.3) is 0 Å². The van der Waals surface area contributed by atoms with E-state index < -0.39 is 30.1 Å². The van der Waals surface area contributed by atoms with E-state index in [0.29, 0.717) is 13.0 Å². The topological polar surface area (TPSA) is 108 Å². The van der Waals surface area contributed by atoms with Gasteiger partial charge >= 0.3 is 12.1 Å². The molecule has 4 rings (SSSR count). The highest BCUT2D eigenvalue weighted by Crippen LogP contribution is 2.44. The van der Waals surface area contributed by atoms with Gasteiger partial charge in [0.05, 0.1) is 6.42 Å². The van der Waals surface area contributed by atoms with Crippen molar-refractivity contribution >= 4 is 18.0 Å². The number of likely N-dealkylation sites (N-methyl/N-ethyl adjacent to an activating group) is 1. The molecule has 3 aromatic carbocycles. The molecule has 8 nitrogen and oxygen atoms in total. The number of carboxylic acids is 1. The van der Waals surface area contributed by atoms with Gasteiger partial charge in [-0.05, 0) is 41.3 Å². The Bertz CT molecular complexity index is 1270. The lowest BCUT2D eigenvalue weighted by atomic mass is 9.98. The molecule has 0 saturated heterocycles. The highest BCUT2D eigenvalue weighted by molar-refractivity contribution is 5.86. The van der Waals surface area contributed by atoms with Gasteiger partial charge < -0.3 is 20.5 Å². The summed E-state index contributed by atoms with van der Waals surface area (Å²) in [5, 5.41) is 14.9. The molecular formula is C32H37N3O5. The van der Waals surface area contributed by atoms with Gasteiger partial charge in [0, 0.05) is 25.0 Å². The number of amides is 2. The first-order chi connectivity index (χ1) is 19.4. The van der Waals surface area contributed by atoms with E-state index in [1.54, 1.807) is 0 Å². The van der Waals surface area contributed by atoms with Crippen LogP contribution in [0.25, 0.3) is 11.1 Å². The third-order valence-corrected chi connectivity index (χ3v) is 7.15. The number of nitrogens with zero attached hydrogens (tertiary/aromatic N) is 1. The van der Waals surface area contributed by atoms with Crippen molar-refractivity contribution in [3.63, 3.8) is 0 Å². The molecule has 0 spiro atoms. The molecule has 1 aliphatic carbocycles. The first kappa shape index (κ1) is 28.8. The van der Waals surface area contributed by atoms with Gasteiger partial charge in [-0.1, -0.05) is 92.2 Å². The van der Waals surface area contributed by atoms with E-state index in [0.717, 1.165) is 34.2 Å². The quantitative estimate of drug-likeness (QED) is 0.286. The third-order valence-electron chi connectivity index (χ3n) is 7.15. The van der Waals surface area contributed by atoms with Crippen LogP contribution < -0.4 is 10.6 Å². The molecular weight excluding hydrogens is 506 g/mol. The third kappa shape index (κ3) is 7.48. The zero-order chi connectivity index (χ0) is 28.5. The summed E-state index contributed by atoms with van der Waals surface area (Å²) < 4.78 is 5.69. The predicted molar refractivity (Wildman–Crippen MR) is 154 cm³/mol. The largest absolute Gasteiger partial charge is 0.481 e. The number of carboxylic acid groups (broad SMARTS) is 1. The van der Waals surface area contributed by atoms with Gasteiger partial charge in [0.1, 0.15) is 12.6 Å². The lowest BCUT2D eigenvalue weighted by Gasteiger charge is -2.26. The highest BCUT2D eigenvalue weighted by Gasteiger charge is 2.30. The number of fused-ring (bicyclic) bond motifs is 3. The van der Waals surface area contributed by atoms with Crippen molar-refractivity contribution < 1.29 is 24.2 Å². The zero-order valence-electron chi connectivity index (χ0n) is 23.0. The van der Waals surface area contributed by atoms with Gasteiger partial charge in [-0.15, -0.1) is 0 Å². The number of hydrogen-bond donors (Lipinski definition) is 3. The molecule has 3 N–H and O–H groups in total. The smallest absolute Gasteiger partial charge is 0.407 e. The molecule has 0 fully saturated rings. The molecule has 40 heavy (non-hydrogen) atoms. The number of nitrogens with one attached hydrogen (secondary N) is 2. The van der Waals surface area contributed by atoms with Crippen molar-refractivity contribution in [3.8, 4) is 11.1 Å². The molecule has 1 unspecified atom stereocenters. The van der Waals surface area contributed by atoms with Crippen LogP contribution >= 0.6 is 0 Å². The minimum atomic E-state index is -0.985. The van der Waals surface area contributed by atoms with Gasteiger partial charge in [-0.2, -0.15) is 0 Å². The van der Waals surface area contributed by atoms with Crippen molar-refractivity contribution in [2.24, 2.45) is 0 Å². The molecule has 1 aliphatic rings. The monoisotopic (exact) mass is 543 g/mol. The normalized spacial score (nSPS) is 13.7. The Morgan fingerprint density at radius 2 is 1.50 bits per heavy atom. The Morgan fingerprint density at radius 3 is 2.10 bits per heavy atom. The molecule has 3 aromatic rings. The lowest BCUT2D eigenvalue weighted by molar-refractivity contribution is -0.137. The Morgan fingerprint density at radius 1 is 0.900 bits per heavy atom. The molecule has 2 atom stereocenters. The minimum absolute atomic E-state index is 0.101. The Labute approximate surface area is 235 Å². The molecule has 2 amide bonds. The van der Waals surface area contributed by atoms with E-state index in [-0.39, 0.29) is 25.5 Å². The second-order valence-corrected chi connectivity index (χ2v) is 10.3. The number of benzene rings is 3. The molecule has 0 heterocycles. The maximum Gasteiger partial charge on any atom is 0.407 e.